The number of hydrazine groups is 1. The summed E-state index contributed by atoms with van der Waals surface area (Å²) in [6, 6.07) is 0. The number of aromatic nitrogens is 2. The lowest BCUT2D eigenvalue weighted by Crippen LogP contribution is -2.20. The second-order valence-corrected chi connectivity index (χ2v) is 3.26. The second kappa shape index (κ2) is 5.92. The third kappa shape index (κ3) is 3.23. The first-order valence-corrected chi connectivity index (χ1v) is 4.98. The first-order valence-electron chi connectivity index (χ1n) is 4.98. The van der Waals surface area contributed by atoms with Crippen LogP contribution >= 0.6 is 0 Å². The summed E-state index contributed by atoms with van der Waals surface area (Å²) < 4.78 is 0. The van der Waals surface area contributed by atoms with Crippen LogP contribution in [0, 0.1) is 10.1 Å². The molecule has 0 radical (unpaired) electrons. The van der Waals surface area contributed by atoms with Crippen LogP contribution in [-0.4, -0.2) is 32.6 Å². The summed E-state index contributed by atoms with van der Waals surface area (Å²) in [4.78, 5) is 17.6. The number of hydrogen-bond donors (Lipinski definition) is 4. The van der Waals surface area contributed by atoms with Crippen LogP contribution in [0.2, 0.25) is 0 Å². The molecule has 1 rings (SSSR count). The van der Waals surface area contributed by atoms with Crippen molar-refractivity contribution < 1.29 is 10.0 Å². The van der Waals surface area contributed by atoms with Gasteiger partial charge in [0, 0.05) is 6.54 Å². The highest BCUT2D eigenvalue weighted by Gasteiger charge is 2.22. The molecule has 17 heavy (non-hydrogen) atoms. The molecular weight excluding hydrogens is 228 g/mol. The molecule has 0 aromatic carbocycles. The zero-order valence-corrected chi connectivity index (χ0v) is 9.25. The number of aliphatic hydroxyl groups is 1. The molecular formula is C8H14N6O3. The van der Waals surface area contributed by atoms with Crippen molar-refractivity contribution in [2.75, 3.05) is 17.3 Å². The molecule has 1 unspecified atom stereocenters. The van der Waals surface area contributed by atoms with E-state index in [-0.39, 0.29) is 23.9 Å². The smallest absolute Gasteiger partial charge is 0.354 e. The van der Waals surface area contributed by atoms with E-state index in [1.165, 1.54) is 0 Å². The molecule has 0 aliphatic rings. The molecule has 1 aromatic heterocycles. The molecule has 0 aliphatic carbocycles. The molecule has 0 saturated carbocycles. The van der Waals surface area contributed by atoms with Gasteiger partial charge < -0.3 is 15.8 Å². The van der Waals surface area contributed by atoms with Crippen LogP contribution in [0.4, 0.5) is 17.3 Å². The van der Waals surface area contributed by atoms with E-state index >= 15 is 0 Å². The average molecular weight is 242 g/mol. The summed E-state index contributed by atoms with van der Waals surface area (Å²) in [6.07, 6.45) is 1.08. The van der Waals surface area contributed by atoms with Gasteiger partial charge in [0.1, 0.15) is 6.33 Å². The van der Waals surface area contributed by atoms with Crippen molar-refractivity contribution in [2.24, 2.45) is 5.84 Å². The topological polar surface area (TPSA) is 139 Å². The third-order valence-corrected chi connectivity index (χ3v) is 2.12. The number of anilines is 2. The van der Waals surface area contributed by atoms with Crippen LogP contribution in [0.5, 0.6) is 0 Å². The van der Waals surface area contributed by atoms with E-state index in [1.807, 2.05) is 0 Å². The number of nitro groups is 1. The van der Waals surface area contributed by atoms with Crippen molar-refractivity contribution in [2.45, 2.75) is 19.4 Å². The summed E-state index contributed by atoms with van der Waals surface area (Å²) in [5.41, 5.74) is 1.77. The Balaban J connectivity index is 2.94. The number of aliphatic hydroxyl groups excluding tert-OH is 1. The zero-order valence-electron chi connectivity index (χ0n) is 9.25. The Morgan fingerprint density at radius 3 is 2.76 bits per heavy atom. The molecule has 0 fully saturated rings. The monoisotopic (exact) mass is 242 g/mol. The van der Waals surface area contributed by atoms with Crippen LogP contribution in [0.1, 0.15) is 13.3 Å². The average Bonchev–Trinajstić information content (AvgIpc) is 2.34. The van der Waals surface area contributed by atoms with Crippen LogP contribution in [0.15, 0.2) is 6.33 Å². The molecule has 5 N–H and O–H groups in total. The number of nitrogens with one attached hydrogen (secondary N) is 2. The van der Waals surface area contributed by atoms with Gasteiger partial charge in [0.25, 0.3) is 0 Å². The minimum atomic E-state index is -0.643. The lowest BCUT2D eigenvalue weighted by Gasteiger charge is -2.10. The fourth-order valence-corrected chi connectivity index (χ4v) is 1.15. The van der Waals surface area contributed by atoms with Gasteiger partial charge in [0.05, 0.1) is 11.0 Å². The minimum Gasteiger partial charge on any atom is -0.391 e. The number of nitrogen functional groups attached to an aromatic ring is 1. The predicted octanol–water partition coefficient (Wildman–Crippen LogP) is -0.147. The van der Waals surface area contributed by atoms with Gasteiger partial charge in [0.2, 0.25) is 11.6 Å². The highest BCUT2D eigenvalue weighted by Crippen LogP contribution is 2.27. The molecule has 0 bridgehead atoms. The van der Waals surface area contributed by atoms with Crippen molar-refractivity contribution in [3.05, 3.63) is 16.4 Å². The Kier molecular flexibility index (Phi) is 4.55. The van der Waals surface area contributed by atoms with Gasteiger partial charge in [-0.15, -0.1) is 0 Å². The van der Waals surface area contributed by atoms with Crippen LogP contribution < -0.4 is 16.6 Å². The molecule has 0 spiro atoms. The molecule has 0 saturated heterocycles. The minimum absolute atomic E-state index is 0.0189. The predicted molar refractivity (Wildman–Crippen MR) is 61.3 cm³/mol. The highest BCUT2D eigenvalue weighted by atomic mass is 16.6. The van der Waals surface area contributed by atoms with Crippen molar-refractivity contribution in [3.8, 4) is 0 Å². The number of hydrogen-bond acceptors (Lipinski definition) is 8. The number of nitrogens with two attached hydrogens (primary N) is 1. The Morgan fingerprint density at radius 2 is 2.24 bits per heavy atom. The molecule has 9 heteroatoms. The van der Waals surface area contributed by atoms with Crippen molar-refractivity contribution in [3.63, 3.8) is 0 Å². The van der Waals surface area contributed by atoms with Crippen molar-refractivity contribution in [1.29, 1.82) is 0 Å². The summed E-state index contributed by atoms with van der Waals surface area (Å²) in [5, 5.41) is 22.9. The van der Waals surface area contributed by atoms with Crippen LogP contribution in [0.3, 0.4) is 0 Å². The normalized spacial score (nSPS) is 11.9. The fourth-order valence-electron chi connectivity index (χ4n) is 1.15. The summed E-state index contributed by atoms with van der Waals surface area (Å²) >= 11 is 0. The van der Waals surface area contributed by atoms with Gasteiger partial charge in [-0.3, -0.25) is 10.1 Å². The van der Waals surface area contributed by atoms with Gasteiger partial charge in [-0.05, 0) is 6.42 Å². The third-order valence-electron chi connectivity index (χ3n) is 2.12. The maximum atomic E-state index is 10.8. The summed E-state index contributed by atoms with van der Waals surface area (Å²) in [7, 11) is 0. The van der Waals surface area contributed by atoms with Gasteiger partial charge in [0.15, 0.2) is 0 Å². The van der Waals surface area contributed by atoms with E-state index in [0.717, 1.165) is 6.33 Å². The standard InChI is InChI=1S/C8H14N6O3/c1-2-5(15)3-10-7-6(14(16)17)8(13-9)12-4-11-7/h4-5,15H,2-3,9H2,1H3,(H2,10,11,12,13). The Morgan fingerprint density at radius 1 is 1.59 bits per heavy atom. The van der Waals surface area contributed by atoms with Gasteiger partial charge in [-0.1, -0.05) is 6.92 Å². The lowest BCUT2D eigenvalue weighted by molar-refractivity contribution is -0.383. The second-order valence-electron chi connectivity index (χ2n) is 3.26. The van der Waals surface area contributed by atoms with Gasteiger partial charge in [-0.25, -0.2) is 15.8 Å². The first-order chi connectivity index (χ1) is 8.10. The van der Waals surface area contributed by atoms with Crippen LogP contribution in [-0.2, 0) is 0 Å². The molecule has 0 amide bonds. The van der Waals surface area contributed by atoms with E-state index < -0.39 is 11.0 Å². The van der Waals surface area contributed by atoms with E-state index in [1.54, 1.807) is 6.92 Å². The quantitative estimate of drug-likeness (QED) is 0.307. The number of rotatable bonds is 6. The van der Waals surface area contributed by atoms with E-state index in [0.29, 0.717) is 6.42 Å². The van der Waals surface area contributed by atoms with E-state index in [9.17, 15) is 15.2 Å². The SMILES string of the molecule is CCC(O)CNc1ncnc(NN)c1[N+](=O)[O-]. The number of nitrogens with zero attached hydrogens (tertiary/aromatic N) is 3. The largest absolute Gasteiger partial charge is 0.391 e. The van der Waals surface area contributed by atoms with E-state index in [2.05, 4.69) is 20.7 Å². The molecule has 94 valence electrons. The fraction of sp³-hybridized carbons (Fsp3) is 0.500. The summed E-state index contributed by atoms with van der Waals surface area (Å²) in [6.45, 7) is 1.96. The van der Waals surface area contributed by atoms with Crippen molar-refractivity contribution >= 4 is 17.3 Å². The Labute approximate surface area is 97.2 Å². The maximum absolute atomic E-state index is 10.8. The zero-order chi connectivity index (χ0) is 12.8. The van der Waals surface area contributed by atoms with Crippen molar-refractivity contribution in [1.82, 2.24) is 9.97 Å². The maximum Gasteiger partial charge on any atom is 0.354 e. The Bertz CT molecular complexity index is 399. The summed E-state index contributed by atoms with van der Waals surface area (Å²) in [5.74, 6) is 5.05. The molecule has 1 atom stereocenters. The van der Waals surface area contributed by atoms with Crippen LogP contribution in [0.25, 0.3) is 0 Å². The van der Waals surface area contributed by atoms with E-state index in [4.69, 9.17) is 5.84 Å². The molecule has 1 aromatic rings. The molecule has 9 nitrogen and oxygen atoms in total. The highest BCUT2D eigenvalue weighted by molar-refractivity contribution is 5.68. The molecule has 0 aliphatic heterocycles. The van der Waals surface area contributed by atoms with Gasteiger partial charge in [-0.2, -0.15) is 0 Å². The first kappa shape index (κ1) is 13.1. The van der Waals surface area contributed by atoms with Gasteiger partial charge >= 0.3 is 5.69 Å². The lowest BCUT2D eigenvalue weighted by atomic mass is 10.3. The molecule has 1 heterocycles. The Hall–Kier alpha value is -2.00.